The van der Waals surface area contributed by atoms with Crippen molar-refractivity contribution in [3.63, 3.8) is 0 Å². The van der Waals surface area contributed by atoms with Crippen LogP contribution in [0.15, 0.2) is 76.1 Å². The van der Waals surface area contributed by atoms with Gasteiger partial charge in [-0.2, -0.15) is 4.57 Å². The van der Waals surface area contributed by atoms with Crippen molar-refractivity contribution < 1.29 is 14.1 Å². The molecule has 0 saturated heterocycles. The van der Waals surface area contributed by atoms with Gasteiger partial charge in [0.05, 0.1) is 12.8 Å². The Hall–Kier alpha value is -2.44. The van der Waals surface area contributed by atoms with Crippen molar-refractivity contribution in [2.24, 2.45) is 0 Å². The maximum absolute atomic E-state index is 11.0. The van der Waals surface area contributed by atoms with E-state index in [9.17, 15) is 5.11 Å². The minimum absolute atomic E-state index is 0.0880. The molecule has 0 radical (unpaired) electrons. The highest BCUT2D eigenvalue weighted by atomic mass is 79.9. The third kappa shape index (κ3) is 4.20. The number of aliphatic hydroxyl groups excluding tert-OH is 1. The molecule has 3 aromatic rings. The number of furan rings is 1. The number of aromatic nitrogens is 1. The van der Waals surface area contributed by atoms with E-state index in [1.807, 2.05) is 72.4 Å². The summed E-state index contributed by atoms with van der Waals surface area (Å²) in [6.07, 6.45) is 5.39. The van der Waals surface area contributed by atoms with E-state index in [1.165, 1.54) is 0 Å². The highest BCUT2D eigenvalue weighted by Gasteiger charge is 2.24. The SMILES string of the molecule is Cc1ccc[n+](/C(C(=S)NCc2ccco2)=C(/O)c2ccccc2Br)c1. The average molecular weight is 430 g/mol. The number of thiocarbonyl (C=S) groups is 1. The van der Waals surface area contributed by atoms with Crippen LogP contribution in [0.1, 0.15) is 16.9 Å². The molecule has 6 heteroatoms. The van der Waals surface area contributed by atoms with Gasteiger partial charge in [-0.3, -0.25) is 0 Å². The predicted octanol–water partition coefficient (Wildman–Crippen LogP) is 4.64. The third-order valence-corrected chi connectivity index (χ3v) is 4.81. The highest BCUT2D eigenvalue weighted by molar-refractivity contribution is 9.10. The Labute approximate surface area is 165 Å². The Morgan fingerprint density at radius 1 is 1.19 bits per heavy atom. The van der Waals surface area contributed by atoms with Crippen molar-refractivity contribution >= 4 is 44.6 Å². The van der Waals surface area contributed by atoms with Crippen molar-refractivity contribution in [2.45, 2.75) is 13.5 Å². The molecule has 0 aliphatic rings. The summed E-state index contributed by atoms with van der Waals surface area (Å²) in [4.78, 5) is 0.422. The van der Waals surface area contributed by atoms with E-state index in [0.717, 1.165) is 15.8 Å². The lowest BCUT2D eigenvalue weighted by atomic mass is 10.1. The normalized spacial score (nSPS) is 11.8. The third-order valence-electron chi connectivity index (χ3n) is 3.78. The van der Waals surface area contributed by atoms with Gasteiger partial charge < -0.3 is 14.8 Å². The van der Waals surface area contributed by atoms with Crippen LogP contribution in [-0.4, -0.2) is 10.1 Å². The molecule has 0 spiro atoms. The molecule has 1 aromatic carbocycles. The lowest BCUT2D eigenvalue weighted by Gasteiger charge is -2.10. The first-order valence-electron chi connectivity index (χ1n) is 8.03. The molecule has 0 saturated carbocycles. The van der Waals surface area contributed by atoms with Gasteiger partial charge in [0, 0.05) is 21.7 Å². The van der Waals surface area contributed by atoms with Gasteiger partial charge in [0.15, 0.2) is 23.1 Å². The van der Waals surface area contributed by atoms with Gasteiger partial charge in [0.1, 0.15) is 5.76 Å². The Morgan fingerprint density at radius 3 is 2.69 bits per heavy atom. The lowest BCUT2D eigenvalue weighted by molar-refractivity contribution is -0.576. The smallest absolute Gasteiger partial charge is 0.288 e. The molecule has 0 bridgehead atoms. The second kappa shape index (κ2) is 8.29. The minimum Gasteiger partial charge on any atom is -0.502 e. The molecule has 26 heavy (non-hydrogen) atoms. The quantitative estimate of drug-likeness (QED) is 0.268. The zero-order valence-corrected chi connectivity index (χ0v) is 16.5. The Morgan fingerprint density at radius 2 is 2.00 bits per heavy atom. The van der Waals surface area contributed by atoms with Crippen LogP contribution in [0.3, 0.4) is 0 Å². The number of hydrogen-bond acceptors (Lipinski definition) is 3. The molecular weight excluding hydrogens is 412 g/mol. The fraction of sp³-hybridized carbons (Fsp3) is 0.100. The van der Waals surface area contributed by atoms with Gasteiger partial charge in [-0.1, -0.05) is 40.3 Å². The summed E-state index contributed by atoms with van der Waals surface area (Å²) in [6, 6.07) is 15.1. The molecule has 0 atom stereocenters. The molecule has 2 aromatic heterocycles. The lowest BCUT2D eigenvalue weighted by Crippen LogP contribution is -2.41. The van der Waals surface area contributed by atoms with Crippen LogP contribution >= 0.6 is 28.1 Å². The Balaban J connectivity index is 2.03. The van der Waals surface area contributed by atoms with Gasteiger partial charge in [-0.15, -0.1) is 0 Å². The van der Waals surface area contributed by atoms with Crippen LogP contribution in [0, 0.1) is 6.92 Å². The van der Waals surface area contributed by atoms with E-state index in [1.54, 1.807) is 6.26 Å². The Bertz CT molecular complexity index is 952. The standard InChI is InChI=1S/C20H17BrN2O2S/c1-14-6-4-10-23(13-14)18(19(24)16-8-2-3-9-17(16)21)20(26)22-12-15-7-5-11-25-15/h2-11,13H,12H2,1H3,(H-,22,24,26)/p+1. The molecule has 0 unspecified atom stereocenters. The number of aryl methyl sites for hydroxylation is 1. The molecular formula is C20H18BrN2O2S+. The van der Waals surface area contributed by atoms with Crippen molar-refractivity contribution in [2.75, 3.05) is 0 Å². The number of rotatable bonds is 5. The fourth-order valence-corrected chi connectivity index (χ4v) is 3.27. The zero-order chi connectivity index (χ0) is 18.5. The molecule has 0 amide bonds. The molecule has 3 rings (SSSR count). The van der Waals surface area contributed by atoms with Crippen LogP contribution in [0.25, 0.3) is 11.5 Å². The van der Waals surface area contributed by atoms with Crippen LogP contribution in [0.4, 0.5) is 0 Å². The molecule has 4 nitrogen and oxygen atoms in total. The summed E-state index contributed by atoms with van der Waals surface area (Å²) in [6.45, 7) is 2.42. The molecule has 132 valence electrons. The topological polar surface area (TPSA) is 49.3 Å². The highest BCUT2D eigenvalue weighted by Crippen LogP contribution is 2.25. The predicted molar refractivity (Wildman–Crippen MR) is 109 cm³/mol. The average Bonchev–Trinajstić information content (AvgIpc) is 3.14. The second-order valence-corrected chi connectivity index (χ2v) is 6.99. The molecule has 0 fully saturated rings. The van der Waals surface area contributed by atoms with E-state index < -0.39 is 0 Å². The second-order valence-electron chi connectivity index (χ2n) is 5.73. The number of aliphatic hydroxyl groups is 1. The van der Waals surface area contributed by atoms with Gasteiger partial charge >= 0.3 is 0 Å². The van der Waals surface area contributed by atoms with Crippen molar-refractivity contribution in [1.82, 2.24) is 5.32 Å². The number of nitrogens with one attached hydrogen (secondary N) is 1. The van der Waals surface area contributed by atoms with Crippen LogP contribution < -0.4 is 9.88 Å². The van der Waals surface area contributed by atoms with Crippen molar-refractivity contribution in [1.29, 1.82) is 0 Å². The summed E-state index contributed by atoms with van der Waals surface area (Å²) >= 11 is 9.08. The first-order valence-corrected chi connectivity index (χ1v) is 9.23. The fourth-order valence-electron chi connectivity index (χ4n) is 2.52. The largest absolute Gasteiger partial charge is 0.502 e. The monoisotopic (exact) mass is 429 g/mol. The number of halogens is 1. The maximum Gasteiger partial charge on any atom is 0.288 e. The summed E-state index contributed by atoms with van der Waals surface area (Å²) in [7, 11) is 0. The molecule has 2 heterocycles. The summed E-state index contributed by atoms with van der Waals surface area (Å²) < 4.78 is 7.95. The number of hydrogen-bond donors (Lipinski definition) is 2. The van der Waals surface area contributed by atoms with E-state index in [0.29, 0.717) is 22.8 Å². The number of benzene rings is 1. The van der Waals surface area contributed by atoms with E-state index >= 15 is 0 Å². The van der Waals surface area contributed by atoms with Gasteiger partial charge in [-0.05, 0) is 37.3 Å². The van der Waals surface area contributed by atoms with E-state index in [-0.39, 0.29) is 5.76 Å². The van der Waals surface area contributed by atoms with Crippen LogP contribution in [-0.2, 0) is 6.54 Å². The summed E-state index contributed by atoms with van der Waals surface area (Å²) in [5.41, 5.74) is 2.22. The van der Waals surface area contributed by atoms with Crippen LogP contribution in [0.5, 0.6) is 0 Å². The number of pyridine rings is 1. The Kier molecular flexibility index (Phi) is 5.85. The molecule has 0 aliphatic carbocycles. The van der Waals surface area contributed by atoms with E-state index in [4.69, 9.17) is 16.6 Å². The first kappa shape index (κ1) is 18.4. The molecule has 0 aliphatic heterocycles. The van der Waals surface area contributed by atoms with E-state index in [2.05, 4.69) is 21.2 Å². The number of nitrogens with zero attached hydrogens (tertiary/aromatic N) is 1. The van der Waals surface area contributed by atoms with Gasteiger partial charge in [-0.25, -0.2) is 0 Å². The maximum atomic E-state index is 11.0. The summed E-state index contributed by atoms with van der Waals surface area (Å²) in [5.74, 6) is 0.853. The van der Waals surface area contributed by atoms with Gasteiger partial charge in [0.2, 0.25) is 0 Å². The minimum atomic E-state index is 0.0880. The molecule has 2 N–H and O–H groups in total. The summed E-state index contributed by atoms with van der Waals surface area (Å²) in [5, 5.41) is 14.2. The van der Waals surface area contributed by atoms with Crippen LogP contribution in [0.2, 0.25) is 0 Å². The van der Waals surface area contributed by atoms with Crippen molar-refractivity contribution in [3.05, 3.63) is 88.5 Å². The first-order chi connectivity index (χ1) is 12.6. The zero-order valence-electron chi connectivity index (χ0n) is 14.1. The van der Waals surface area contributed by atoms with Gasteiger partial charge in [0.25, 0.3) is 5.70 Å². The van der Waals surface area contributed by atoms with Crippen molar-refractivity contribution in [3.8, 4) is 0 Å².